The van der Waals surface area contributed by atoms with Gasteiger partial charge in [-0.3, -0.25) is 4.79 Å². The quantitative estimate of drug-likeness (QED) is 0.717. The second kappa shape index (κ2) is 4.72. The van der Waals surface area contributed by atoms with Crippen LogP contribution in [0.15, 0.2) is 0 Å². The largest absolute Gasteiger partial charge is 0.338 e. The predicted molar refractivity (Wildman–Crippen MR) is 63.7 cm³/mol. The van der Waals surface area contributed by atoms with E-state index in [0.717, 1.165) is 25.8 Å². The molecule has 4 nitrogen and oxygen atoms in total. The molecule has 1 saturated carbocycles. The highest BCUT2D eigenvalue weighted by atomic mass is 16.2. The Bertz CT molecular complexity index is 269. The average molecular weight is 225 g/mol. The second-order valence-corrected chi connectivity index (χ2v) is 5.34. The maximum absolute atomic E-state index is 12.1. The third-order valence-corrected chi connectivity index (χ3v) is 4.29. The molecule has 1 saturated heterocycles. The van der Waals surface area contributed by atoms with Gasteiger partial charge in [-0.25, -0.2) is 0 Å². The molecule has 16 heavy (non-hydrogen) atoms. The third kappa shape index (κ3) is 2.23. The lowest BCUT2D eigenvalue weighted by atomic mass is 9.99. The fourth-order valence-electron chi connectivity index (χ4n) is 2.98. The number of likely N-dealkylation sites (tertiary alicyclic amines) is 1. The van der Waals surface area contributed by atoms with Crippen LogP contribution in [-0.4, -0.2) is 35.5 Å². The molecule has 0 radical (unpaired) electrons. The van der Waals surface area contributed by atoms with Crippen molar-refractivity contribution in [2.45, 2.75) is 57.2 Å². The van der Waals surface area contributed by atoms with Crippen LogP contribution >= 0.6 is 0 Å². The summed E-state index contributed by atoms with van der Waals surface area (Å²) in [6, 6.07) is 0.585. The molecule has 1 aliphatic carbocycles. The monoisotopic (exact) mass is 225 g/mol. The highest BCUT2D eigenvalue weighted by Crippen LogP contribution is 2.28. The van der Waals surface area contributed by atoms with Gasteiger partial charge in [0.05, 0.1) is 0 Å². The van der Waals surface area contributed by atoms with Crippen molar-refractivity contribution < 1.29 is 4.79 Å². The lowest BCUT2D eigenvalue weighted by molar-refractivity contribution is -0.132. The molecule has 2 aliphatic rings. The molecular formula is C12H23N3O. The third-order valence-electron chi connectivity index (χ3n) is 4.29. The van der Waals surface area contributed by atoms with Crippen molar-refractivity contribution in [3.8, 4) is 0 Å². The molecule has 2 rings (SSSR count). The highest BCUT2D eigenvalue weighted by Gasteiger charge is 2.34. The first kappa shape index (κ1) is 11.9. The first-order chi connectivity index (χ1) is 7.59. The summed E-state index contributed by atoms with van der Waals surface area (Å²) in [7, 11) is 0. The van der Waals surface area contributed by atoms with Crippen molar-refractivity contribution in [1.29, 1.82) is 0 Å². The van der Waals surface area contributed by atoms with Crippen molar-refractivity contribution in [1.82, 2.24) is 4.90 Å². The first-order valence-electron chi connectivity index (χ1n) is 6.40. The van der Waals surface area contributed by atoms with Crippen LogP contribution < -0.4 is 11.5 Å². The van der Waals surface area contributed by atoms with Gasteiger partial charge in [0, 0.05) is 31.1 Å². The van der Waals surface area contributed by atoms with Gasteiger partial charge in [-0.1, -0.05) is 6.42 Å². The zero-order valence-electron chi connectivity index (χ0n) is 10.1. The number of hydrogen-bond donors (Lipinski definition) is 2. The topological polar surface area (TPSA) is 72.3 Å². The molecule has 1 amide bonds. The SMILES string of the molecule is CC1C(N)CCN1C(=O)C[C@@H]1CCC[C@H]1N. The average Bonchev–Trinajstić information content (AvgIpc) is 2.77. The summed E-state index contributed by atoms with van der Waals surface area (Å²) in [5.74, 6) is 0.652. The van der Waals surface area contributed by atoms with Crippen molar-refractivity contribution in [3.05, 3.63) is 0 Å². The molecular weight excluding hydrogens is 202 g/mol. The number of hydrogen-bond acceptors (Lipinski definition) is 3. The summed E-state index contributed by atoms with van der Waals surface area (Å²) < 4.78 is 0. The molecule has 2 fully saturated rings. The van der Waals surface area contributed by atoms with Crippen molar-refractivity contribution in [3.63, 3.8) is 0 Å². The molecule has 92 valence electrons. The van der Waals surface area contributed by atoms with E-state index in [1.807, 2.05) is 11.8 Å². The Labute approximate surface area is 97.3 Å². The van der Waals surface area contributed by atoms with Crippen LogP contribution in [0.2, 0.25) is 0 Å². The number of carbonyl (C=O) groups excluding carboxylic acids is 1. The molecule has 4 atom stereocenters. The Morgan fingerprint density at radius 3 is 2.50 bits per heavy atom. The maximum Gasteiger partial charge on any atom is 0.223 e. The van der Waals surface area contributed by atoms with Gasteiger partial charge in [-0.2, -0.15) is 0 Å². The molecule has 0 spiro atoms. The van der Waals surface area contributed by atoms with Crippen LogP contribution in [0.5, 0.6) is 0 Å². The lowest BCUT2D eigenvalue weighted by Crippen LogP contribution is -2.41. The minimum Gasteiger partial charge on any atom is -0.338 e. The molecule has 1 heterocycles. The van der Waals surface area contributed by atoms with E-state index in [4.69, 9.17) is 11.5 Å². The van der Waals surface area contributed by atoms with E-state index in [0.29, 0.717) is 12.3 Å². The fraction of sp³-hybridized carbons (Fsp3) is 0.917. The number of amides is 1. The summed E-state index contributed by atoms with van der Waals surface area (Å²) in [4.78, 5) is 14.1. The highest BCUT2D eigenvalue weighted by molar-refractivity contribution is 5.77. The normalized spacial score (nSPS) is 39.3. The predicted octanol–water partition coefficient (Wildman–Crippen LogP) is 0.452. The minimum atomic E-state index is 0.154. The number of nitrogens with two attached hydrogens (primary N) is 2. The molecule has 0 aromatic heterocycles. The lowest BCUT2D eigenvalue weighted by Gasteiger charge is -2.25. The van der Waals surface area contributed by atoms with Crippen molar-refractivity contribution in [2.75, 3.05) is 6.54 Å². The summed E-state index contributed by atoms with van der Waals surface area (Å²) >= 11 is 0. The minimum absolute atomic E-state index is 0.154. The standard InChI is InChI=1S/C12H23N3O/c1-8-10(13)5-6-15(8)12(16)7-9-3-2-4-11(9)14/h8-11H,2-7,13-14H2,1H3/t8?,9-,10?,11+/m0/s1. The van der Waals surface area contributed by atoms with Crippen LogP contribution in [-0.2, 0) is 4.79 Å². The number of carbonyl (C=O) groups is 1. The Hall–Kier alpha value is -0.610. The van der Waals surface area contributed by atoms with E-state index in [1.54, 1.807) is 0 Å². The van der Waals surface area contributed by atoms with Gasteiger partial charge in [-0.15, -0.1) is 0 Å². The zero-order chi connectivity index (χ0) is 11.7. The van der Waals surface area contributed by atoms with Crippen LogP contribution in [0.4, 0.5) is 0 Å². The van der Waals surface area contributed by atoms with E-state index < -0.39 is 0 Å². The van der Waals surface area contributed by atoms with Crippen LogP contribution in [0, 0.1) is 5.92 Å². The molecule has 0 aromatic carbocycles. The summed E-state index contributed by atoms with van der Waals surface area (Å²) in [5, 5.41) is 0. The summed E-state index contributed by atoms with van der Waals surface area (Å²) in [6.45, 7) is 2.87. The smallest absolute Gasteiger partial charge is 0.223 e. The molecule has 0 bridgehead atoms. The Balaban J connectivity index is 1.88. The Kier molecular flexibility index (Phi) is 3.50. The van der Waals surface area contributed by atoms with Crippen molar-refractivity contribution >= 4 is 5.91 Å². The van der Waals surface area contributed by atoms with Crippen molar-refractivity contribution in [2.24, 2.45) is 17.4 Å². The van der Waals surface area contributed by atoms with Gasteiger partial charge in [-0.05, 0) is 32.1 Å². The molecule has 1 aliphatic heterocycles. The van der Waals surface area contributed by atoms with E-state index in [9.17, 15) is 4.79 Å². The number of rotatable bonds is 2. The van der Waals surface area contributed by atoms with Gasteiger partial charge in [0.2, 0.25) is 5.91 Å². The molecule has 2 unspecified atom stereocenters. The molecule has 4 N–H and O–H groups in total. The van der Waals surface area contributed by atoms with Gasteiger partial charge in [0.15, 0.2) is 0 Å². The Morgan fingerprint density at radius 1 is 1.25 bits per heavy atom. The van der Waals surface area contributed by atoms with E-state index in [1.165, 1.54) is 6.42 Å². The Morgan fingerprint density at radius 2 is 2.00 bits per heavy atom. The maximum atomic E-state index is 12.1. The second-order valence-electron chi connectivity index (χ2n) is 5.34. The van der Waals surface area contributed by atoms with Crippen LogP contribution in [0.3, 0.4) is 0 Å². The van der Waals surface area contributed by atoms with E-state index in [2.05, 4.69) is 0 Å². The van der Waals surface area contributed by atoms with Gasteiger partial charge in [0.1, 0.15) is 0 Å². The van der Waals surface area contributed by atoms with E-state index >= 15 is 0 Å². The van der Waals surface area contributed by atoms with Crippen LogP contribution in [0.25, 0.3) is 0 Å². The van der Waals surface area contributed by atoms with Gasteiger partial charge in [0.25, 0.3) is 0 Å². The summed E-state index contributed by atoms with van der Waals surface area (Å²) in [5.41, 5.74) is 11.9. The zero-order valence-corrected chi connectivity index (χ0v) is 10.1. The molecule has 0 aromatic rings. The first-order valence-corrected chi connectivity index (χ1v) is 6.40. The summed E-state index contributed by atoms with van der Waals surface area (Å²) in [6.07, 6.45) is 4.92. The molecule has 4 heteroatoms. The fourth-order valence-corrected chi connectivity index (χ4v) is 2.98. The van der Waals surface area contributed by atoms with Gasteiger partial charge >= 0.3 is 0 Å². The van der Waals surface area contributed by atoms with Gasteiger partial charge < -0.3 is 16.4 Å². The van der Waals surface area contributed by atoms with Crippen LogP contribution in [0.1, 0.15) is 39.0 Å². The number of nitrogens with zero attached hydrogens (tertiary/aromatic N) is 1. The van der Waals surface area contributed by atoms with E-state index in [-0.39, 0.29) is 24.0 Å².